The molecule has 1 aliphatic rings. The first-order chi connectivity index (χ1) is 11.0. The molecule has 0 aliphatic heterocycles. The maximum atomic E-state index is 12.0. The molecule has 5 heteroatoms. The van der Waals surface area contributed by atoms with Crippen LogP contribution in [0.25, 0.3) is 0 Å². The van der Waals surface area contributed by atoms with Crippen LogP contribution < -0.4 is 10.6 Å². The van der Waals surface area contributed by atoms with E-state index >= 15 is 0 Å². The Morgan fingerprint density at radius 1 is 1.22 bits per heavy atom. The van der Waals surface area contributed by atoms with Crippen LogP contribution in [0.15, 0.2) is 0 Å². The Hall–Kier alpha value is -0.810. The van der Waals surface area contributed by atoms with Gasteiger partial charge < -0.3 is 20.3 Å². The smallest absolute Gasteiger partial charge is 0.315 e. The fraction of sp³-hybridized carbons (Fsp3) is 0.944. The van der Waals surface area contributed by atoms with Gasteiger partial charge in [0.05, 0.1) is 6.10 Å². The predicted octanol–water partition coefficient (Wildman–Crippen LogP) is 3.00. The van der Waals surface area contributed by atoms with Crippen LogP contribution in [-0.4, -0.2) is 56.9 Å². The van der Waals surface area contributed by atoms with Crippen LogP contribution in [0.1, 0.15) is 58.8 Å². The van der Waals surface area contributed by atoms with E-state index in [2.05, 4.69) is 29.4 Å². The van der Waals surface area contributed by atoms with Gasteiger partial charge >= 0.3 is 6.03 Å². The van der Waals surface area contributed by atoms with E-state index in [1.54, 1.807) is 0 Å². The number of hydrogen-bond donors (Lipinski definition) is 2. The first-order valence-electron chi connectivity index (χ1n) is 9.28. The van der Waals surface area contributed by atoms with Crippen LogP contribution in [-0.2, 0) is 4.74 Å². The number of rotatable bonds is 10. The highest BCUT2D eigenvalue weighted by Crippen LogP contribution is 2.20. The fourth-order valence-electron chi connectivity index (χ4n) is 3.18. The van der Waals surface area contributed by atoms with Gasteiger partial charge in [0.2, 0.25) is 0 Å². The molecular weight excluding hydrogens is 290 g/mol. The molecule has 23 heavy (non-hydrogen) atoms. The summed E-state index contributed by atoms with van der Waals surface area (Å²) in [6.07, 6.45) is 8.69. The normalized spacial score (nSPS) is 17.5. The molecule has 1 saturated carbocycles. The number of nitrogens with zero attached hydrogens (tertiary/aromatic N) is 1. The van der Waals surface area contributed by atoms with E-state index in [1.807, 2.05) is 14.1 Å². The molecule has 0 saturated heterocycles. The number of carbonyl (C=O) groups is 1. The van der Waals surface area contributed by atoms with E-state index in [-0.39, 0.29) is 12.1 Å². The molecule has 0 unspecified atom stereocenters. The molecular formula is C18H37N3O2. The van der Waals surface area contributed by atoms with Gasteiger partial charge in [0, 0.05) is 25.7 Å². The quantitative estimate of drug-likeness (QED) is 0.607. The summed E-state index contributed by atoms with van der Waals surface area (Å²) >= 11 is 0. The Morgan fingerprint density at radius 2 is 1.91 bits per heavy atom. The highest BCUT2D eigenvalue weighted by atomic mass is 16.5. The second-order valence-corrected chi connectivity index (χ2v) is 7.47. The largest absolute Gasteiger partial charge is 0.378 e. The number of urea groups is 1. The first kappa shape index (κ1) is 20.2. The van der Waals surface area contributed by atoms with E-state index in [0.29, 0.717) is 18.6 Å². The molecule has 0 aromatic rings. The Balaban J connectivity index is 2.11. The van der Waals surface area contributed by atoms with Crippen molar-refractivity contribution in [3.05, 3.63) is 0 Å². The monoisotopic (exact) mass is 327 g/mol. The van der Waals surface area contributed by atoms with Gasteiger partial charge in [-0.1, -0.05) is 33.1 Å². The molecule has 2 N–H and O–H groups in total. The third-order valence-electron chi connectivity index (χ3n) is 4.19. The SMILES string of the molecule is CC(C)C[C@@H](CN(C)C)NC(=O)NCCCOC1CCCCC1. The molecule has 0 aromatic heterocycles. The summed E-state index contributed by atoms with van der Waals surface area (Å²) in [7, 11) is 4.07. The van der Waals surface area contributed by atoms with Gasteiger partial charge in [0.15, 0.2) is 0 Å². The summed E-state index contributed by atoms with van der Waals surface area (Å²) in [4.78, 5) is 14.1. The van der Waals surface area contributed by atoms with E-state index in [4.69, 9.17) is 4.74 Å². The zero-order valence-corrected chi connectivity index (χ0v) is 15.6. The average molecular weight is 328 g/mol. The molecule has 5 nitrogen and oxygen atoms in total. The van der Waals surface area contributed by atoms with Gasteiger partial charge in [0.25, 0.3) is 0 Å². The third-order valence-corrected chi connectivity index (χ3v) is 4.19. The number of amides is 2. The lowest BCUT2D eigenvalue weighted by Gasteiger charge is -2.24. The highest BCUT2D eigenvalue weighted by Gasteiger charge is 2.15. The van der Waals surface area contributed by atoms with Gasteiger partial charge in [0.1, 0.15) is 0 Å². The lowest BCUT2D eigenvalue weighted by Crippen LogP contribution is -2.47. The number of likely N-dealkylation sites (N-methyl/N-ethyl adjacent to an activating group) is 1. The summed E-state index contributed by atoms with van der Waals surface area (Å²) in [6, 6.07) is 0.138. The van der Waals surface area contributed by atoms with Crippen molar-refractivity contribution < 1.29 is 9.53 Å². The van der Waals surface area contributed by atoms with E-state index in [0.717, 1.165) is 26.0 Å². The van der Waals surface area contributed by atoms with Crippen LogP contribution in [0.5, 0.6) is 0 Å². The summed E-state index contributed by atoms with van der Waals surface area (Å²) < 4.78 is 5.87. The third kappa shape index (κ3) is 10.6. The van der Waals surface area contributed by atoms with E-state index in [1.165, 1.54) is 32.1 Å². The molecule has 1 aliphatic carbocycles. The molecule has 0 spiro atoms. The minimum absolute atomic E-state index is 0.0600. The number of ether oxygens (including phenoxy) is 1. The van der Waals surface area contributed by atoms with Crippen molar-refractivity contribution in [3.63, 3.8) is 0 Å². The maximum absolute atomic E-state index is 12.0. The van der Waals surface area contributed by atoms with Crippen molar-refractivity contribution in [1.29, 1.82) is 0 Å². The summed E-state index contributed by atoms with van der Waals surface area (Å²) in [5.74, 6) is 0.573. The van der Waals surface area contributed by atoms with Gasteiger partial charge in [-0.05, 0) is 45.7 Å². The number of carbonyl (C=O) groups excluding carboxylic acids is 1. The highest BCUT2D eigenvalue weighted by molar-refractivity contribution is 5.74. The van der Waals surface area contributed by atoms with Crippen molar-refractivity contribution in [2.75, 3.05) is 33.8 Å². The summed E-state index contributed by atoms with van der Waals surface area (Å²) in [6.45, 7) is 6.67. The second kappa shape index (κ2) is 11.7. The van der Waals surface area contributed by atoms with Crippen molar-refractivity contribution in [2.45, 2.75) is 70.9 Å². The number of hydrogen-bond acceptors (Lipinski definition) is 3. The second-order valence-electron chi connectivity index (χ2n) is 7.47. The summed E-state index contributed by atoms with van der Waals surface area (Å²) in [5.41, 5.74) is 0. The van der Waals surface area contributed by atoms with Crippen molar-refractivity contribution >= 4 is 6.03 Å². The lowest BCUT2D eigenvalue weighted by atomic mass is 9.98. The van der Waals surface area contributed by atoms with E-state index in [9.17, 15) is 4.79 Å². The molecule has 2 amide bonds. The van der Waals surface area contributed by atoms with Crippen LogP contribution in [0, 0.1) is 5.92 Å². The van der Waals surface area contributed by atoms with Crippen LogP contribution in [0.2, 0.25) is 0 Å². The Kier molecular flexibility index (Phi) is 10.3. The molecule has 0 radical (unpaired) electrons. The maximum Gasteiger partial charge on any atom is 0.315 e. The zero-order valence-electron chi connectivity index (χ0n) is 15.6. The van der Waals surface area contributed by atoms with Gasteiger partial charge in [-0.3, -0.25) is 0 Å². The molecule has 0 heterocycles. The Labute approximate surface area is 142 Å². The zero-order chi connectivity index (χ0) is 17.1. The predicted molar refractivity (Wildman–Crippen MR) is 95.8 cm³/mol. The topological polar surface area (TPSA) is 53.6 Å². The summed E-state index contributed by atoms with van der Waals surface area (Å²) in [5, 5.41) is 6.04. The minimum atomic E-state index is -0.0600. The van der Waals surface area contributed by atoms with Crippen LogP contribution in [0.4, 0.5) is 4.79 Å². The molecule has 136 valence electrons. The first-order valence-corrected chi connectivity index (χ1v) is 9.28. The Bertz CT molecular complexity index is 305. The molecule has 0 bridgehead atoms. The standard InChI is InChI=1S/C18H37N3O2/c1-15(2)13-16(14-21(3)4)20-18(22)19-11-8-12-23-17-9-6-5-7-10-17/h15-17H,5-14H2,1-4H3,(H2,19,20,22)/t16-/m0/s1. The Morgan fingerprint density at radius 3 is 2.52 bits per heavy atom. The van der Waals surface area contributed by atoms with Crippen LogP contribution in [0.3, 0.4) is 0 Å². The van der Waals surface area contributed by atoms with Gasteiger partial charge in [-0.2, -0.15) is 0 Å². The molecule has 0 aromatic carbocycles. The van der Waals surface area contributed by atoms with Crippen molar-refractivity contribution in [3.8, 4) is 0 Å². The fourth-order valence-corrected chi connectivity index (χ4v) is 3.18. The molecule has 1 rings (SSSR count). The minimum Gasteiger partial charge on any atom is -0.378 e. The van der Waals surface area contributed by atoms with Crippen molar-refractivity contribution in [2.24, 2.45) is 5.92 Å². The average Bonchev–Trinajstić information content (AvgIpc) is 2.46. The molecule has 1 atom stereocenters. The van der Waals surface area contributed by atoms with Gasteiger partial charge in [-0.15, -0.1) is 0 Å². The van der Waals surface area contributed by atoms with Gasteiger partial charge in [-0.25, -0.2) is 4.79 Å². The lowest BCUT2D eigenvalue weighted by molar-refractivity contribution is 0.0275. The molecule has 1 fully saturated rings. The van der Waals surface area contributed by atoms with Crippen LogP contribution >= 0.6 is 0 Å². The number of nitrogens with one attached hydrogen (secondary N) is 2. The van der Waals surface area contributed by atoms with Crippen molar-refractivity contribution in [1.82, 2.24) is 15.5 Å². The van der Waals surface area contributed by atoms with E-state index < -0.39 is 0 Å².